The van der Waals surface area contributed by atoms with E-state index >= 15 is 0 Å². The third-order valence-electron chi connectivity index (χ3n) is 3.06. The molecule has 0 N–H and O–H groups in total. The normalized spacial score (nSPS) is 20.3. The van der Waals surface area contributed by atoms with E-state index in [2.05, 4.69) is 51.3 Å². The van der Waals surface area contributed by atoms with E-state index in [0.29, 0.717) is 5.41 Å². The minimum atomic E-state index is 0.495. The first kappa shape index (κ1) is 11.1. The van der Waals surface area contributed by atoms with E-state index in [-0.39, 0.29) is 0 Å². The maximum Gasteiger partial charge on any atom is 0.145 e. The number of anilines is 1. The smallest absolute Gasteiger partial charge is 0.145 e. The molecule has 0 atom stereocenters. The summed E-state index contributed by atoms with van der Waals surface area (Å²) in [6.45, 7) is 6.91. The third-order valence-corrected chi connectivity index (χ3v) is 3.83. The Labute approximate surface area is 104 Å². The molecule has 1 aliphatic rings. The van der Waals surface area contributed by atoms with E-state index < -0.39 is 0 Å². The molecule has 4 heteroatoms. The molecule has 1 saturated heterocycles. The van der Waals surface area contributed by atoms with Crippen LogP contribution in [0.4, 0.5) is 5.82 Å². The quantitative estimate of drug-likeness (QED) is 0.746. The molecule has 1 aromatic heterocycles. The molecule has 1 aromatic rings. The van der Waals surface area contributed by atoms with Gasteiger partial charge in [-0.1, -0.05) is 13.8 Å². The van der Waals surface area contributed by atoms with E-state index in [1.165, 1.54) is 12.8 Å². The Morgan fingerprint density at radius 1 is 1.33 bits per heavy atom. The minimum Gasteiger partial charge on any atom is -0.356 e. The molecular formula is C11H16IN3. The molecule has 15 heavy (non-hydrogen) atoms. The van der Waals surface area contributed by atoms with Gasteiger partial charge in [0.05, 0.1) is 3.57 Å². The summed E-state index contributed by atoms with van der Waals surface area (Å²) in [5.74, 6) is 1.10. The van der Waals surface area contributed by atoms with Crippen LogP contribution in [0.15, 0.2) is 12.5 Å². The molecule has 0 amide bonds. The summed E-state index contributed by atoms with van der Waals surface area (Å²) in [5, 5.41) is 0. The lowest BCUT2D eigenvalue weighted by molar-refractivity contribution is 0.279. The second kappa shape index (κ2) is 4.23. The molecule has 2 rings (SSSR count). The van der Waals surface area contributed by atoms with Crippen molar-refractivity contribution in [2.45, 2.75) is 26.7 Å². The van der Waals surface area contributed by atoms with Crippen LogP contribution in [0.1, 0.15) is 26.7 Å². The van der Waals surface area contributed by atoms with Crippen LogP contribution in [0, 0.1) is 8.99 Å². The summed E-state index contributed by atoms with van der Waals surface area (Å²) in [6.07, 6.45) is 6.00. The molecule has 82 valence electrons. The summed E-state index contributed by atoms with van der Waals surface area (Å²) in [4.78, 5) is 10.7. The van der Waals surface area contributed by atoms with Crippen LogP contribution < -0.4 is 4.90 Å². The SMILES string of the molecule is CC1(C)CCN(c2ncncc2I)CC1. The Morgan fingerprint density at radius 2 is 2.00 bits per heavy atom. The van der Waals surface area contributed by atoms with Gasteiger partial charge in [-0.25, -0.2) is 9.97 Å². The Hall–Kier alpha value is -0.390. The van der Waals surface area contributed by atoms with Gasteiger partial charge in [0.15, 0.2) is 0 Å². The zero-order valence-corrected chi connectivity index (χ0v) is 11.4. The molecule has 1 aliphatic heterocycles. The number of rotatable bonds is 1. The van der Waals surface area contributed by atoms with Gasteiger partial charge in [-0.3, -0.25) is 0 Å². The molecule has 2 heterocycles. The Morgan fingerprint density at radius 3 is 2.60 bits per heavy atom. The maximum absolute atomic E-state index is 4.36. The largest absolute Gasteiger partial charge is 0.356 e. The maximum atomic E-state index is 4.36. The Balaban J connectivity index is 2.11. The van der Waals surface area contributed by atoms with Crippen LogP contribution in [0.25, 0.3) is 0 Å². The average molecular weight is 317 g/mol. The standard InChI is InChI=1S/C11H16IN3/c1-11(2)3-5-15(6-4-11)10-9(12)7-13-8-14-10/h7-8H,3-6H2,1-2H3. The van der Waals surface area contributed by atoms with Gasteiger partial charge in [-0.15, -0.1) is 0 Å². The van der Waals surface area contributed by atoms with Crippen LogP contribution in [0.5, 0.6) is 0 Å². The highest BCUT2D eigenvalue weighted by Crippen LogP contribution is 2.32. The van der Waals surface area contributed by atoms with Gasteiger partial charge in [-0.05, 0) is 40.8 Å². The molecule has 0 radical (unpaired) electrons. The lowest BCUT2D eigenvalue weighted by atomic mass is 9.83. The van der Waals surface area contributed by atoms with Crippen molar-refractivity contribution in [1.29, 1.82) is 0 Å². The second-order valence-electron chi connectivity index (χ2n) is 4.85. The van der Waals surface area contributed by atoms with Gasteiger partial charge >= 0.3 is 0 Å². The monoisotopic (exact) mass is 317 g/mol. The van der Waals surface area contributed by atoms with Crippen LogP contribution in [-0.2, 0) is 0 Å². The summed E-state index contributed by atoms with van der Waals surface area (Å²) < 4.78 is 1.15. The average Bonchev–Trinajstić information content (AvgIpc) is 2.19. The Kier molecular flexibility index (Phi) is 3.13. The van der Waals surface area contributed by atoms with Crippen molar-refractivity contribution < 1.29 is 0 Å². The number of halogens is 1. The predicted molar refractivity (Wildman–Crippen MR) is 70.0 cm³/mol. The third kappa shape index (κ3) is 2.59. The van der Waals surface area contributed by atoms with Crippen molar-refractivity contribution in [3.05, 3.63) is 16.1 Å². The van der Waals surface area contributed by atoms with Gasteiger partial charge in [-0.2, -0.15) is 0 Å². The van der Waals surface area contributed by atoms with E-state index in [1.807, 2.05) is 6.20 Å². The molecule has 0 unspecified atom stereocenters. The highest BCUT2D eigenvalue weighted by molar-refractivity contribution is 14.1. The van der Waals surface area contributed by atoms with Gasteiger partial charge in [0.1, 0.15) is 12.1 Å². The van der Waals surface area contributed by atoms with Crippen molar-refractivity contribution in [3.8, 4) is 0 Å². The first-order valence-electron chi connectivity index (χ1n) is 5.29. The van der Waals surface area contributed by atoms with E-state index in [1.54, 1.807) is 6.33 Å². The number of piperidine rings is 1. The van der Waals surface area contributed by atoms with Crippen molar-refractivity contribution in [1.82, 2.24) is 9.97 Å². The van der Waals surface area contributed by atoms with Crippen LogP contribution in [0.3, 0.4) is 0 Å². The molecule has 1 fully saturated rings. The highest BCUT2D eigenvalue weighted by atomic mass is 127. The van der Waals surface area contributed by atoms with Gasteiger partial charge < -0.3 is 4.90 Å². The van der Waals surface area contributed by atoms with Crippen LogP contribution >= 0.6 is 22.6 Å². The van der Waals surface area contributed by atoms with Gasteiger partial charge in [0.2, 0.25) is 0 Å². The van der Waals surface area contributed by atoms with E-state index in [4.69, 9.17) is 0 Å². The Bertz CT molecular complexity index is 341. The predicted octanol–water partition coefficient (Wildman–Crippen LogP) is 2.71. The molecule has 3 nitrogen and oxygen atoms in total. The summed E-state index contributed by atoms with van der Waals surface area (Å²) in [7, 11) is 0. The number of aromatic nitrogens is 2. The minimum absolute atomic E-state index is 0.495. The van der Waals surface area contributed by atoms with Crippen LogP contribution in [-0.4, -0.2) is 23.1 Å². The van der Waals surface area contributed by atoms with Crippen molar-refractivity contribution >= 4 is 28.4 Å². The molecule has 0 spiro atoms. The number of hydrogen-bond acceptors (Lipinski definition) is 3. The summed E-state index contributed by atoms with van der Waals surface area (Å²) >= 11 is 2.30. The second-order valence-corrected chi connectivity index (χ2v) is 6.01. The molecule has 0 aromatic carbocycles. The molecular weight excluding hydrogens is 301 g/mol. The summed E-state index contributed by atoms with van der Waals surface area (Å²) in [5.41, 5.74) is 0.495. The van der Waals surface area contributed by atoms with Gasteiger partial charge in [0.25, 0.3) is 0 Å². The molecule has 0 saturated carbocycles. The fourth-order valence-electron chi connectivity index (χ4n) is 1.86. The summed E-state index contributed by atoms with van der Waals surface area (Å²) in [6, 6.07) is 0. The fourth-order valence-corrected chi connectivity index (χ4v) is 2.50. The van der Waals surface area contributed by atoms with Crippen molar-refractivity contribution in [2.24, 2.45) is 5.41 Å². The van der Waals surface area contributed by atoms with E-state index in [9.17, 15) is 0 Å². The lowest BCUT2D eigenvalue weighted by Crippen LogP contribution is -2.38. The zero-order valence-electron chi connectivity index (χ0n) is 9.20. The first-order chi connectivity index (χ1) is 7.08. The fraction of sp³-hybridized carbons (Fsp3) is 0.636. The lowest BCUT2D eigenvalue weighted by Gasteiger charge is -2.37. The molecule has 0 aliphatic carbocycles. The van der Waals surface area contributed by atoms with Crippen LogP contribution in [0.2, 0.25) is 0 Å². The van der Waals surface area contributed by atoms with Gasteiger partial charge in [0, 0.05) is 19.3 Å². The zero-order chi connectivity index (χ0) is 10.9. The first-order valence-corrected chi connectivity index (χ1v) is 6.37. The van der Waals surface area contributed by atoms with Crippen molar-refractivity contribution in [2.75, 3.05) is 18.0 Å². The van der Waals surface area contributed by atoms with E-state index in [0.717, 1.165) is 22.5 Å². The van der Waals surface area contributed by atoms with Crippen molar-refractivity contribution in [3.63, 3.8) is 0 Å². The topological polar surface area (TPSA) is 29.0 Å². The molecule has 0 bridgehead atoms. The number of nitrogens with zero attached hydrogens (tertiary/aromatic N) is 3. The number of hydrogen-bond donors (Lipinski definition) is 0. The highest BCUT2D eigenvalue weighted by Gasteiger charge is 2.26.